The molecule has 106 valence electrons. The molecule has 2 heterocycles. The number of benzene rings is 1. The zero-order valence-electron chi connectivity index (χ0n) is 10.4. The summed E-state index contributed by atoms with van der Waals surface area (Å²) in [4.78, 5) is 28.8. The number of nitrogens with zero attached hydrogens (tertiary/aromatic N) is 2. The van der Waals surface area contributed by atoms with Crippen molar-refractivity contribution in [3.63, 3.8) is 0 Å². The Labute approximate surface area is 127 Å². The quantitative estimate of drug-likeness (QED) is 0.710. The Morgan fingerprint density at radius 1 is 1.43 bits per heavy atom. The molecule has 3 aromatic rings. The third-order valence-electron chi connectivity index (χ3n) is 2.79. The molecular formula is C13H8ClN3O3S. The summed E-state index contributed by atoms with van der Waals surface area (Å²) in [6, 6.07) is 4.23. The molecule has 0 aliphatic heterocycles. The van der Waals surface area contributed by atoms with Crippen molar-refractivity contribution in [3.05, 3.63) is 56.9 Å². The SMILES string of the molecule is O=C(Nc1cc(Cl)ccc1O)c1cnc2sccn2c1=O. The van der Waals surface area contributed by atoms with Gasteiger partial charge in [0.15, 0.2) is 4.96 Å². The van der Waals surface area contributed by atoms with Crippen LogP contribution in [-0.4, -0.2) is 20.4 Å². The number of halogens is 1. The summed E-state index contributed by atoms with van der Waals surface area (Å²) in [5.74, 6) is -0.803. The molecule has 0 saturated heterocycles. The zero-order valence-corrected chi connectivity index (χ0v) is 12.0. The predicted molar refractivity (Wildman–Crippen MR) is 80.4 cm³/mol. The molecule has 0 bridgehead atoms. The number of phenols is 1. The van der Waals surface area contributed by atoms with E-state index < -0.39 is 11.5 Å². The molecule has 0 fully saturated rings. The van der Waals surface area contributed by atoms with Gasteiger partial charge in [-0.2, -0.15) is 0 Å². The fourth-order valence-electron chi connectivity index (χ4n) is 1.78. The van der Waals surface area contributed by atoms with Gasteiger partial charge in [0.25, 0.3) is 11.5 Å². The number of rotatable bonds is 2. The topological polar surface area (TPSA) is 83.7 Å². The van der Waals surface area contributed by atoms with Crippen molar-refractivity contribution >= 4 is 39.5 Å². The largest absolute Gasteiger partial charge is 0.506 e. The molecule has 1 aromatic carbocycles. The van der Waals surface area contributed by atoms with Crippen LogP contribution in [-0.2, 0) is 0 Å². The molecular weight excluding hydrogens is 314 g/mol. The molecule has 0 atom stereocenters. The standard InChI is InChI=1S/C13H8ClN3O3S/c14-7-1-2-10(18)9(5-7)16-11(19)8-6-15-13-17(12(8)20)3-4-21-13/h1-6,18H,(H,16,19). The summed E-state index contributed by atoms with van der Waals surface area (Å²) in [6.07, 6.45) is 2.76. The number of aromatic hydroxyl groups is 1. The highest BCUT2D eigenvalue weighted by Crippen LogP contribution is 2.26. The van der Waals surface area contributed by atoms with E-state index in [0.717, 1.165) is 0 Å². The van der Waals surface area contributed by atoms with Gasteiger partial charge in [-0.05, 0) is 18.2 Å². The van der Waals surface area contributed by atoms with Crippen LogP contribution in [0.15, 0.2) is 40.8 Å². The van der Waals surface area contributed by atoms with Gasteiger partial charge in [-0.15, -0.1) is 11.3 Å². The van der Waals surface area contributed by atoms with E-state index in [1.54, 1.807) is 11.6 Å². The van der Waals surface area contributed by atoms with E-state index in [2.05, 4.69) is 10.3 Å². The summed E-state index contributed by atoms with van der Waals surface area (Å²) >= 11 is 7.09. The van der Waals surface area contributed by atoms with Gasteiger partial charge < -0.3 is 10.4 Å². The fraction of sp³-hybridized carbons (Fsp3) is 0. The summed E-state index contributed by atoms with van der Waals surface area (Å²) in [7, 11) is 0. The van der Waals surface area contributed by atoms with Crippen LogP contribution in [0.4, 0.5) is 5.69 Å². The van der Waals surface area contributed by atoms with Crippen LogP contribution < -0.4 is 10.9 Å². The maximum Gasteiger partial charge on any atom is 0.271 e. The van der Waals surface area contributed by atoms with Crippen LogP contribution in [0.2, 0.25) is 5.02 Å². The molecule has 0 saturated carbocycles. The highest BCUT2D eigenvalue weighted by atomic mass is 35.5. The van der Waals surface area contributed by atoms with Crippen molar-refractivity contribution < 1.29 is 9.90 Å². The Kier molecular flexibility index (Phi) is 3.36. The van der Waals surface area contributed by atoms with E-state index in [9.17, 15) is 14.7 Å². The average molecular weight is 322 g/mol. The number of carbonyl (C=O) groups is 1. The molecule has 2 aromatic heterocycles. The number of carbonyl (C=O) groups excluding carboxylic acids is 1. The van der Waals surface area contributed by atoms with Crippen LogP contribution in [0.1, 0.15) is 10.4 Å². The van der Waals surface area contributed by atoms with Gasteiger partial charge in [0.05, 0.1) is 5.69 Å². The molecule has 2 N–H and O–H groups in total. The van der Waals surface area contributed by atoms with Gasteiger partial charge in [0, 0.05) is 22.8 Å². The first-order valence-electron chi connectivity index (χ1n) is 5.81. The highest BCUT2D eigenvalue weighted by molar-refractivity contribution is 7.15. The van der Waals surface area contributed by atoms with Crippen LogP contribution in [0.5, 0.6) is 5.75 Å². The van der Waals surface area contributed by atoms with Gasteiger partial charge in [0.1, 0.15) is 11.3 Å². The van der Waals surface area contributed by atoms with Crippen molar-refractivity contribution in [2.75, 3.05) is 5.32 Å². The minimum atomic E-state index is -0.661. The van der Waals surface area contributed by atoms with Crippen molar-refractivity contribution in [2.45, 2.75) is 0 Å². The van der Waals surface area contributed by atoms with E-state index in [1.807, 2.05) is 0 Å². The van der Waals surface area contributed by atoms with Gasteiger partial charge in [-0.3, -0.25) is 14.0 Å². The Hall–Kier alpha value is -2.38. The smallest absolute Gasteiger partial charge is 0.271 e. The number of hydrogen-bond acceptors (Lipinski definition) is 5. The van der Waals surface area contributed by atoms with E-state index in [4.69, 9.17) is 11.6 Å². The molecule has 0 radical (unpaired) electrons. The lowest BCUT2D eigenvalue weighted by Crippen LogP contribution is -2.25. The summed E-state index contributed by atoms with van der Waals surface area (Å²) in [6.45, 7) is 0. The third-order valence-corrected chi connectivity index (χ3v) is 3.80. The molecule has 0 unspecified atom stereocenters. The molecule has 0 aliphatic carbocycles. The Morgan fingerprint density at radius 2 is 2.24 bits per heavy atom. The summed E-state index contributed by atoms with van der Waals surface area (Å²) in [5.41, 5.74) is -0.465. The van der Waals surface area contributed by atoms with E-state index in [1.165, 1.54) is 40.1 Å². The van der Waals surface area contributed by atoms with E-state index >= 15 is 0 Å². The van der Waals surface area contributed by atoms with Crippen molar-refractivity contribution in [1.82, 2.24) is 9.38 Å². The molecule has 0 aliphatic rings. The normalized spacial score (nSPS) is 10.7. The lowest BCUT2D eigenvalue weighted by molar-refractivity contribution is 0.102. The minimum Gasteiger partial charge on any atom is -0.506 e. The van der Waals surface area contributed by atoms with Crippen LogP contribution in [0, 0.1) is 0 Å². The molecule has 3 rings (SSSR count). The summed E-state index contributed by atoms with van der Waals surface area (Å²) in [5, 5.41) is 14.2. The van der Waals surface area contributed by atoms with Crippen LogP contribution in [0.25, 0.3) is 4.96 Å². The van der Waals surface area contributed by atoms with Gasteiger partial charge in [-0.1, -0.05) is 11.6 Å². The zero-order chi connectivity index (χ0) is 15.0. The summed E-state index contributed by atoms with van der Waals surface area (Å²) < 4.78 is 1.29. The number of thiazole rings is 1. The maximum atomic E-state index is 12.2. The first-order chi connectivity index (χ1) is 10.1. The van der Waals surface area contributed by atoms with E-state index in [0.29, 0.717) is 9.98 Å². The van der Waals surface area contributed by atoms with Crippen LogP contribution in [0.3, 0.4) is 0 Å². The van der Waals surface area contributed by atoms with Gasteiger partial charge in [-0.25, -0.2) is 4.98 Å². The molecule has 1 amide bonds. The number of hydrogen-bond donors (Lipinski definition) is 2. The number of fused-ring (bicyclic) bond motifs is 1. The molecule has 8 heteroatoms. The van der Waals surface area contributed by atoms with Gasteiger partial charge >= 0.3 is 0 Å². The predicted octanol–water partition coefficient (Wildman–Crippen LogP) is 2.37. The van der Waals surface area contributed by atoms with Crippen molar-refractivity contribution in [3.8, 4) is 5.75 Å². The average Bonchev–Trinajstić information content (AvgIpc) is 2.92. The third kappa shape index (κ3) is 2.48. The number of aromatic nitrogens is 2. The number of amides is 1. The molecule has 6 nitrogen and oxygen atoms in total. The van der Waals surface area contributed by atoms with E-state index in [-0.39, 0.29) is 17.0 Å². The molecule has 0 spiro atoms. The Bertz CT molecular complexity index is 903. The number of nitrogens with one attached hydrogen (secondary N) is 1. The molecule has 21 heavy (non-hydrogen) atoms. The number of phenolic OH excluding ortho intramolecular Hbond substituents is 1. The lowest BCUT2D eigenvalue weighted by atomic mass is 10.2. The second kappa shape index (κ2) is 5.19. The minimum absolute atomic E-state index is 0.120. The monoisotopic (exact) mass is 321 g/mol. The second-order valence-electron chi connectivity index (χ2n) is 4.15. The van der Waals surface area contributed by atoms with Gasteiger partial charge in [0.2, 0.25) is 0 Å². The first-order valence-corrected chi connectivity index (χ1v) is 7.07. The van der Waals surface area contributed by atoms with Crippen molar-refractivity contribution in [1.29, 1.82) is 0 Å². The van der Waals surface area contributed by atoms with Crippen LogP contribution >= 0.6 is 22.9 Å². The maximum absolute atomic E-state index is 12.2. The lowest BCUT2D eigenvalue weighted by Gasteiger charge is -2.07. The first kappa shape index (κ1) is 13.6. The Morgan fingerprint density at radius 3 is 3.05 bits per heavy atom. The highest BCUT2D eigenvalue weighted by Gasteiger charge is 2.15. The fourth-order valence-corrected chi connectivity index (χ4v) is 2.63. The Balaban J connectivity index is 1.99. The second-order valence-corrected chi connectivity index (χ2v) is 5.46. The number of anilines is 1. The van der Waals surface area contributed by atoms with Crippen molar-refractivity contribution in [2.24, 2.45) is 0 Å².